The number of piperidine rings is 1. The molecule has 0 radical (unpaired) electrons. The molecule has 142 valence electrons. The van der Waals surface area contributed by atoms with Crippen LogP contribution >= 0.6 is 0 Å². The summed E-state index contributed by atoms with van der Waals surface area (Å²) in [5, 5.41) is 0. The van der Waals surface area contributed by atoms with E-state index in [1.165, 1.54) is 29.8 Å². The van der Waals surface area contributed by atoms with Crippen molar-refractivity contribution in [2.24, 2.45) is 0 Å². The van der Waals surface area contributed by atoms with Gasteiger partial charge in [-0.05, 0) is 62.4 Å². The van der Waals surface area contributed by atoms with Gasteiger partial charge in [-0.1, -0.05) is 24.3 Å². The van der Waals surface area contributed by atoms with E-state index in [0.29, 0.717) is 5.92 Å². The number of rotatable bonds is 6. The first-order valence-corrected chi connectivity index (χ1v) is 10.3. The zero-order valence-corrected chi connectivity index (χ0v) is 16.0. The van der Waals surface area contributed by atoms with E-state index in [1.54, 1.807) is 0 Å². The third-order valence-corrected chi connectivity index (χ3v) is 6.08. The molecule has 1 aromatic carbocycles. The Morgan fingerprint density at radius 1 is 1.04 bits per heavy atom. The summed E-state index contributed by atoms with van der Waals surface area (Å²) in [4.78, 5) is 21.0. The summed E-state index contributed by atoms with van der Waals surface area (Å²) < 4.78 is 0. The zero-order valence-electron chi connectivity index (χ0n) is 16.0. The molecule has 2 aliphatic rings. The molecule has 27 heavy (non-hydrogen) atoms. The summed E-state index contributed by atoms with van der Waals surface area (Å²) in [5.41, 5.74) is 3.85. The van der Waals surface area contributed by atoms with Gasteiger partial charge in [0.15, 0.2) is 0 Å². The number of anilines is 1. The average Bonchev–Trinajstić information content (AvgIpc) is 3.22. The molecule has 2 aliphatic heterocycles. The number of para-hydroxylation sites is 1. The lowest BCUT2D eigenvalue weighted by Gasteiger charge is -2.35. The summed E-state index contributed by atoms with van der Waals surface area (Å²) >= 11 is 0. The molecule has 0 bridgehead atoms. The first kappa shape index (κ1) is 18.2. The van der Waals surface area contributed by atoms with E-state index in [4.69, 9.17) is 0 Å². The molecule has 2 saturated heterocycles. The topological polar surface area (TPSA) is 36.4 Å². The van der Waals surface area contributed by atoms with Crippen molar-refractivity contribution in [2.45, 2.75) is 44.1 Å². The van der Waals surface area contributed by atoms with Gasteiger partial charge in [0, 0.05) is 43.1 Å². The number of aldehydes is 1. The predicted octanol–water partition coefficient (Wildman–Crippen LogP) is 3.67. The van der Waals surface area contributed by atoms with E-state index in [0.717, 1.165) is 51.7 Å². The van der Waals surface area contributed by atoms with Crippen LogP contribution in [0.3, 0.4) is 0 Å². The van der Waals surface area contributed by atoms with Crippen molar-refractivity contribution in [3.8, 4) is 0 Å². The van der Waals surface area contributed by atoms with E-state index in [-0.39, 0.29) is 6.04 Å². The highest BCUT2D eigenvalue weighted by atomic mass is 16.1. The fourth-order valence-corrected chi connectivity index (χ4v) is 4.57. The number of pyridine rings is 1. The first-order chi connectivity index (χ1) is 13.3. The van der Waals surface area contributed by atoms with Crippen LogP contribution in [0.5, 0.6) is 0 Å². The molecule has 2 atom stereocenters. The molecule has 4 heteroatoms. The number of carbonyl (C=O) groups excluding carboxylic acids is 1. The van der Waals surface area contributed by atoms with E-state index in [9.17, 15) is 4.79 Å². The van der Waals surface area contributed by atoms with Crippen molar-refractivity contribution in [1.82, 2.24) is 9.88 Å². The Bertz CT molecular complexity index is 748. The Balaban J connectivity index is 1.40. The van der Waals surface area contributed by atoms with Crippen LogP contribution in [0.25, 0.3) is 0 Å². The summed E-state index contributed by atoms with van der Waals surface area (Å²) in [6, 6.07) is 14.9. The van der Waals surface area contributed by atoms with Gasteiger partial charge >= 0.3 is 0 Å². The maximum absolute atomic E-state index is 11.5. The molecule has 3 heterocycles. The van der Waals surface area contributed by atoms with E-state index < -0.39 is 0 Å². The van der Waals surface area contributed by atoms with Crippen LogP contribution in [0.4, 0.5) is 5.69 Å². The van der Waals surface area contributed by atoms with Gasteiger partial charge in [-0.3, -0.25) is 4.98 Å². The van der Waals surface area contributed by atoms with Crippen LogP contribution in [0.2, 0.25) is 0 Å². The molecule has 0 aliphatic carbocycles. The minimum absolute atomic E-state index is 0.0419. The van der Waals surface area contributed by atoms with Crippen LogP contribution in [-0.2, 0) is 11.2 Å². The van der Waals surface area contributed by atoms with Gasteiger partial charge in [0.05, 0.1) is 6.04 Å². The lowest BCUT2D eigenvalue weighted by molar-refractivity contribution is -0.109. The normalized spacial score (nSPS) is 23.5. The van der Waals surface area contributed by atoms with E-state index in [1.807, 2.05) is 12.3 Å². The van der Waals surface area contributed by atoms with Gasteiger partial charge in [0.1, 0.15) is 6.29 Å². The smallest absolute Gasteiger partial charge is 0.142 e. The Kier molecular flexibility index (Phi) is 5.83. The summed E-state index contributed by atoms with van der Waals surface area (Å²) in [5.74, 6) is 0.558. The minimum atomic E-state index is 0.0419. The quantitative estimate of drug-likeness (QED) is 0.734. The molecule has 2 unspecified atom stereocenters. The molecule has 4 nitrogen and oxygen atoms in total. The van der Waals surface area contributed by atoms with Crippen molar-refractivity contribution in [1.29, 1.82) is 0 Å². The number of aromatic nitrogens is 1. The van der Waals surface area contributed by atoms with Crippen LogP contribution in [0.1, 0.15) is 42.9 Å². The fraction of sp³-hybridized carbons (Fsp3) is 0.478. The highest BCUT2D eigenvalue weighted by Gasteiger charge is 2.26. The van der Waals surface area contributed by atoms with Crippen molar-refractivity contribution in [3.05, 3.63) is 59.9 Å². The Morgan fingerprint density at radius 3 is 2.78 bits per heavy atom. The Hall–Kier alpha value is -2.20. The lowest BCUT2D eigenvalue weighted by Crippen LogP contribution is -2.41. The summed E-state index contributed by atoms with van der Waals surface area (Å²) in [7, 11) is 0. The molecule has 2 aromatic rings. The number of carbonyl (C=O) groups is 1. The first-order valence-electron chi connectivity index (χ1n) is 10.3. The van der Waals surface area contributed by atoms with Crippen molar-refractivity contribution in [2.75, 3.05) is 31.1 Å². The third-order valence-electron chi connectivity index (χ3n) is 6.08. The van der Waals surface area contributed by atoms with Crippen molar-refractivity contribution < 1.29 is 4.79 Å². The van der Waals surface area contributed by atoms with Crippen LogP contribution in [0.15, 0.2) is 48.7 Å². The molecule has 4 rings (SSSR count). The summed E-state index contributed by atoms with van der Waals surface area (Å²) in [6.07, 6.45) is 8.58. The standard InChI is InChI=1S/C23H29N3O/c27-18-21-8-4-6-14-26(21)23-10-2-1-7-19(23)11-15-25-16-12-20(17-25)22-9-3-5-13-24-22/h1-3,5,7,9-10,13,18,20-21H,4,6,8,11-12,14-17H2. The van der Waals surface area contributed by atoms with Crippen LogP contribution in [0, 0.1) is 0 Å². The maximum atomic E-state index is 11.5. The average molecular weight is 364 g/mol. The van der Waals surface area contributed by atoms with E-state index >= 15 is 0 Å². The molecule has 1 aromatic heterocycles. The second kappa shape index (κ2) is 8.66. The predicted molar refractivity (Wildman–Crippen MR) is 109 cm³/mol. The maximum Gasteiger partial charge on any atom is 0.142 e. The number of benzene rings is 1. The van der Waals surface area contributed by atoms with Gasteiger partial charge in [0.25, 0.3) is 0 Å². The van der Waals surface area contributed by atoms with Crippen LogP contribution < -0.4 is 4.90 Å². The minimum Gasteiger partial charge on any atom is -0.362 e. The zero-order chi connectivity index (χ0) is 18.5. The van der Waals surface area contributed by atoms with Crippen LogP contribution in [-0.4, -0.2) is 48.4 Å². The number of hydrogen-bond acceptors (Lipinski definition) is 4. The van der Waals surface area contributed by atoms with Gasteiger partial charge in [-0.15, -0.1) is 0 Å². The Morgan fingerprint density at radius 2 is 1.93 bits per heavy atom. The second-order valence-corrected chi connectivity index (χ2v) is 7.81. The molecule has 0 N–H and O–H groups in total. The third kappa shape index (κ3) is 4.22. The van der Waals surface area contributed by atoms with Gasteiger partial charge < -0.3 is 14.6 Å². The second-order valence-electron chi connectivity index (χ2n) is 7.81. The number of nitrogens with zero attached hydrogens (tertiary/aromatic N) is 3. The number of likely N-dealkylation sites (tertiary alicyclic amines) is 1. The highest BCUT2D eigenvalue weighted by molar-refractivity contribution is 5.68. The lowest BCUT2D eigenvalue weighted by atomic mass is 9.99. The number of hydrogen-bond donors (Lipinski definition) is 0. The SMILES string of the molecule is O=CC1CCCCN1c1ccccc1CCN1CCC(c2ccccn2)C1. The van der Waals surface area contributed by atoms with Gasteiger partial charge in [0.2, 0.25) is 0 Å². The molecular formula is C23H29N3O. The van der Waals surface area contributed by atoms with Gasteiger partial charge in [-0.25, -0.2) is 0 Å². The molecule has 2 fully saturated rings. The Labute approximate surface area is 162 Å². The highest BCUT2D eigenvalue weighted by Crippen LogP contribution is 2.29. The fourth-order valence-electron chi connectivity index (χ4n) is 4.57. The summed E-state index contributed by atoms with van der Waals surface area (Å²) in [6.45, 7) is 4.30. The molecule has 0 spiro atoms. The van der Waals surface area contributed by atoms with E-state index in [2.05, 4.69) is 51.2 Å². The molecule has 0 amide bonds. The van der Waals surface area contributed by atoms with Crippen molar-refractivity contribution >= 4 is 12.0 Å². The van der Waals surface area contributed by atoms with Crippen molar-refractivity contribution in [3.63, 3.8) is 0 Å². The largest absolute Gasteiger partial charge is 0.362 e. The molecule has 0 saturated carbocycles. The molecular weight excluding hydrogens is 334 g/mol. The monoisotopic (exact) mass is 363 g/mol. The van der Waals surface area contributed by atoms with Gasteiger partial charge in [-0.2, -0.15) is 0 Å².